The van der Waals surface area contributed by atoms with Gasteiger partial charge in [-0.25, -0.2) is 9.79 Å². The molecule has 0 saturated carbocycles. The first-order valence-corrected chi connectivity index (χ1v) is 8.53. The highest BCUT2D eigenvalue weighted by Gasteiger charge is 2.30. The molecule has 6 nitrogen and oxygen atoms in total. The molecule has 2 aromatic rings. The number of hydrogen-bond acceptors (Lipinski definition) is 5. The van der Waals surface area contributed by atoms with Gasteiger partial charge in [-0.05, 0) is 59.8 Å². The number of aromatic carboxylic acids is 1. The molecule has 132 valence electrons. The molecule has 0 bridgehead atoms. The van der Waals surface area contributed by atoms with Gasteiger partial charge in [0.1, 0.15) is 5.75 Å². The number of carbonyl (C=O) groups excluding carboxylic acids is 1. The normalized spacial score (nSPS) is 17.2. The van der Waals surface area contributed by atoms with Crippen LogP contribution in [0.5, 0.6) is 5.75 Å². The summed E-state index contributed by atoms with van der Waals surface area (Å²) in [7, 11) is 3.26. The van der Waals surface area contributed by atoms with Crippen molar-refractivity contribution in [2.24, 2.45) is 4.99 Å². The standard InChI is InChI=1S/C19H16N2O4S/c1-21-17(22)16(11-12-3-9-15(25-2)10-4-12)26-19(21)20-14-7-5-13(6-8-14)18(23)24/h3-11H,1-2H3,(H,23,24)/b16-11-,20-19?. The highest BCUT2D eigenvalue weighted by atomic mass is 32.2. The van der Waals surface area contributed by atoms with Crippen LogP contribution in [-0.4, -0.2) is 41.2 Å². The molecule has 0 aromatic heterocycles. The Morgan fingerprint density at radius 2 is 1.81 bits per heavy atom. The van der Waals surface area contributed by atoms with E-state index in [9.17, 15) is 9.59 Å². The third kappa shape index (κ3) is 3.78. The molecule has 0 atom stereocenters. The summed E-state index contributed by atoms with van der Waals surface area (Å²) in [5.41, 5.74) is 1.67. The van der Waals surface area contributed by atoms with Crippen LogP contribution in [0, 0.1) is 0 Å². The van der Waals surface area contributed by atoms with Crippen molar-refractivity contribution in [2.45, 2.75) is 0 Å². The molecule has 1 N–H and O–H groups in total. The van der Waals surface area contributed by atoms with Crippen LogP contribution in [0.1, 0.15) is 15.9 Å². The summed E-state index contributed by atoms with van der Waals surface area (Å²) in [5.74, 6) is -0.370. The fourth-order valence-electron chi connectivity index (χ4n) is 2.29. The maximum atomic E-state index is 12.4. The molecule has 7 heteroatoms. The number of carboxylic acids is 1. The summed E-state index contributed by atoms with van der Waals surface area (Å²) in [5, 5.41) is 9.48. The molecular weight excluding hydrogens is 352 g/mol. The van der Waals surface area contributed by atoms with Crippen LogP contribution in [0.4, 0.5) is 5.69 Å². The van der Waals surface area contributed by atoms with Crippen LogP contribution in [0.2, 0.25) is 0 Å². The number of ether oxygens (including phenoxy) is 1. The highest BCUT2D eigenvalue weighted by Crippen LogP contribution is 2.33. The summed E-state index contributed by atoms with van der Waals surface area (Å²) in [4.78, 5) is 29.8. The number of hydrogen-bond donors (Lipinski definition) is 1. The van der Waals surface area contributed by atoms with Gasteiger partial charge in [0, 0.05) is 7.05 Å². The van der Waals surface area contributed by atoms with Gasteiger partial charge in [0.15, 0.2) is 5.17 Å². The highest BCUT2D eigenvalue weighted by molar-refractivity contribution is 8.18. The summed E-state index contributed by atoms with van der Waals surface area (Å²) >= 11 is 1.28. The molecule has 1 saturated heterocycles. The van der Waals surface area contributed by atoms with Crippen LogP contribution in [0.3, 0.4) is 0 Å². The molecule has 0 aliphatic carbocycles. The molecular formula is C19H16N2O4S. The first-order chi connectivity index (χ1) is 12.5. The third-order valence-corrected chi connectivity index (χ3v) is 4.82. The van der Waals surface area contributed by atoms with E-state index in [1.54, 1.807) is 32.4 Å². The van der Waals surface area contributed by atoms with Gasteiger partial charge >= 0.3 is 5.97 Å². The molecule has 1 aliphatic heterocycles. The Hall–Kier alpha value is -3.06. The Kier molecular flexibility index (Phi) is 5.09. The van der Waals surface area contributed by atoms with Crippen molar-refractivity contribution in [2.75, 3.05) is 14.2 Å². The summed E-state index contributed by atoms with van der Waals surface area (Å²) in [6.45, 7) is 0. The van der Waals surface area contributed by atoms with Crippen molar-refractivity contribution in [3.05, 3.63) is 64.6 Å². The van der Waals surface area contributed by atoms with Crippen molar-refractivity contribution in [3.63, 3.8) is 0 Å². The van der Waals surface area contributed by atoms with Crippen molar-refractivity contribution in [1.29, 1.82) is 0 Å². The predicted molar refractivity (Wildman–Crippen MR) is 102 cm³/mol. The molecule has 26 heavy (non-hydrogen) atoms. The number of thioether (sulfide) groups is 1. The second-order valence-electron chi connectivity index (χ2n) is 5.49. The molecule has 0 unspecified atom stereocenters. The lowest BCUT2D eigenvalue weighted by Crippen LogP contribution is -2.23. The van der Waals surface area contributed by atoms with Gasteiger partial charge in [0.2, 0.25) is 0 Å². The van der Waals surface area contributed by atoms with Gasteiger partial charge < -0.3 is 9.84 Å². The summed E-state index contributed by atoms with van der Waals surface area (Å²) in [6.07, 6.45) is 1.80. The largest absolute Gasteiger partial charge is 0.497 e. The minimum atomic E-state index is -0.989. The van der Waals surface area contributed by atoms with E-state index < -0.39 is 5.97 Å². The molecule has 2 aromatic carbocycles. The van der Waals surface area contributed by atoms with Crippen molar-refractivity contribution >= 4 is 40.6 Å². The average molecular weight is 368 g/mol. The molecule has 0 spiro atoms. The van der Waals surface area contributed by atoms with E-state index >= 15 is 0 Å². The number of carboxylic acid groups (broad SMARTS) is 1. The predicted octanol–water partition coefficient (Wildman–Crippen LogP) is 3.63. The maximum Gasteiger partial charge on any atom is 0.335 e. The Bertz CT molecular complexity index is 902. The van der Waals surface area contributed by atoms with Gasteiger partial charge in [-0.3, -0.25) is 9.69 Å². The molecule has 1 fully saturated rings. The number of rotatable bonds is 4. The Balaban J connectivity index is 1.83. The first kappa shape index (κ1) is 17.8. The molecule has 1 aliphatic rings. The zero-order chi connectivity index (χ0) is 18.7. The van der Waals surface area contributed by atoms with E-state index in [1.165, 1.54) is 28.8 Å². The average Bonchev–Trinajstić information content (AvgIpc) is 2.91. The van der Waals surface area contributed by atoms with Crippen LogP contribution < -0.4 is 4.74 Å². The second-order valence-corrected chi connectivity index (χ2v) is 6.50. The van der Waals surface area contributed by atoms with Gasteiger partial charge in [0.05, 0.1) is 23.3 Å². The van der Waals surface area contributed by atoms with E-state index in [0.717, 1.165) is 11.3 Å². The van der Waals surface area contributed by atoms with Crippen molar-refractivity contribution < 1.29 is 19.4 Å². The van der Waals surface area contributed by atoms with E-state index in [-0.39, 0.29) is 11.5 Å². The topological polar surface area (TPSA) is 79.2 Å². The number of nitrogens with zero attached hydrogens (tertiary/aromatic N) is 2. The number of methoxy groups -OCH3 is 1. The smallest absolute Gasteiger partial charge is 0.335 e. The lowest BCUT2D eigenvalue weighted by molar-refractivity contribution is -0.121. The minimum Gasteiger partial charge on any atom is -0.497 e. The lowest BCUT2D eigenvalue weighted by atomic mass is 10.2. The maximum absolute atomic E-state index is 12.4. The van der Waals surface area contributed by atoms with Gasteiger partial charge in [-0.15, -0.1) is 0 Å². The number of likely N-dealkylation sites (N-methyl/N-ethyl adjacent to an activating group) is 1. The lowest BCUT2D eigenvalue weighted by Gasteiger charge is -2.07. The quantitative estimate of drug-likeness (QED) is 0.834. The van der Waals surface area contributed by atoms with Gasteiger partial charge in [-0.2, -0.15) is 0 Å². The first-order valence-electron chi connectivity index (χ1n) is 7.71. The second kappa shape index (κ2) is 7.45. The number of benzene rings is 2. The van der Waals surface area contributed by atoms with Gasteiger partial charge in [-0.1, -0.05) is 12.1 Å². The SMILES string of the molecule is COc1ccc(/C=C2\SC(=Nc3ccc(C(=O)O)cc3)N(C)C2=O)cc1. The van der Waals surface area contributed by atoms with E-state index in [4.69, 9.17) is 9.84 Å². The number of aliphatic imine (C=N–C) groups is 1. The van der Waals surface area contributed by atoms with Crippen LogP contribution in [0.15, 0.2) is 58.4 Å². The Morgan fingerprint density at radius 3 is 2.38 bits per heavy atom. The molecule has 1 amide bonds. The minimum absolute atomic E-state index is 0.133. The zero-order valence-electron chi connectivity index (χ0n) is 14.2. The Labute approximate surface area is 154 Å². The van der Waals surface area contributed by atoms with E-state index in [2.05, 4.69) is 4.99 Å². The molecule has 0 radical (unpaired) electrons. The van der Waals surface area contributed by atoms with Crippen molar-refractivity contribution in [3.8, 4) is 5.75 Å². The van der Waals surface area contributed by atoms with Gasteiger partial charge in [0.25, 0.3) is 5.91 Å². The fraction of sp³-hybridized carbons (Fsp3) is 0.105. The summed E-state index contributed by atoms with van der Waals surface area (Å²) in [6, 6.07) is 13.6. The molecule has 1 heterocycles. The van der Waals surface area contributed by atoms with Crippen LogP contribution >= 0.6 is 11.8 Å². The van der Waals surface area contributed by atoms with Crippen LogP contribution in [0.25, 0.3) is 6.08 Å². The zero-order valence-corrected chi connectivity index (χ0v) is 15.0. The summed E-state index contributed by atoms with van der Waals surface area (Å²) < 4.78 is 5.13. The third-order valence-electron chi connectivity index (χ3n) is 3.76. The number of amidine groups is 1. The van der Waals surface area contributed by atoms with Crippen LogP contribution in [-0.2, 0) is 4.79 Å². The van der Waals surface area contributed by atoms with E-state index in [1.807, 2.05) is 24.3 Å². The Morgan fingerprint density at radius 1 is 1.15 bits per heavy atom. The van der Waals surface area contributed by atoms with E-state index in [0.29, 0.717) is 15.8 Å². The fourth-order valence-corrected chi connectivity index (χ4v) is 3.28. The monoisotopic (exact) mass is 368 g/mol. The molecule has 3 rings (SSSR count). The number of amides is 1. The van der Waals surface area contributed by atoms with Crippen molar-refractivity contribution in [1.82, 2.24) is 4.90 Å². The number of carbonyl (C=O) groups is 2.